The Bertz CT molecular complexity index is 63.5. The van der Waals surface area contributed by atoms with Crippen molar-refractivity contribution in [3.63, 3.8) is 0 Å². The summed E-state index contributed by atoms with van der Waals surface area (Å²) in [5.74, 6) is 0. The second-order valence-electron chi connectivity index (χ2n) is 1.78. The van der Waals surface area contributed by atoms with Crippen LogP contribution in [0.3, 0.4) is 0 Å². The van der Waals surface area contributed by atoms with Gasteiger partial charge in [0.25, 0.3) is 0 Å². The molecule has 0 heterocycles. The Balaban J connectivity index is 2.98. The van der Waals surface area contributed by atoms with Crippen LogP contribution in [0.1, 0.15) is 26.2 Å². The van der Waals surface area contributed by atoms with Crippen molar-refractivity contribution in [3.8, 4) is 0 Å². The van der Waals surface area contributed by atoms with Crippen molar-refractivity contribution in [1.82, 2.24) is 0 Å². The zero-order chi connectivity index (χ0) is 6.41. The van der Waals surface area contributed by atoms with E-state index in [-0.39, 0.29) is 5.25 Å². The lowest BCUT2D eigenvalue weighted by atomic mass is 10.2. The predicted octanol–water partition coefficient (Wildman–Crippen LogP) is 1.58. The molecule has 2 heteroatoms. The van der Waals surface area contributed by atoms with Crippen LogP contribution in [0.2, 0.25) is 0 Å². The van der Waals surface area contributed by atoms with Gasteiger partial charge in [-0.25, -0.2) is 0 Å². The van der Waals surface area contributed by atoms with E-state index in [4.69, 9.17) is 0 Å². The summed E-state index contributed by atoms with van der Waals surface area (Å²) in [6.07, 6.45) is 4.87. The Morgan fingerprint density at radius 1 is 1.75 bits per heavy atom. The molecule has 0 aromatic carbocycles. The van der Waals surface area contributed by atoms with Crippen LogP contribution in [0.15, 0.2) is 0 Å². The minimum Gasteiger partial charge on any atom is -0.290 e. The highest BCUT2D eigenvalue weighted by Crippen LogP contribution is 2.02. The predicted molar refractivity (Wildman–Crippen MR) is 38.0 cm³/mol. The van der Waals surface area contributed by atoms with E-state index in [0.717, 1.165) is 19.3 Å². The smallest absolute Gasteiger partial charge is 0.212 e. The van der Waals surface area contributed by atoms with Gasteiger partial charge in [-0.2, -0.15) is 12.6 Å². The molecule has 1 radical (unpaired) electrons. The third-order valence-electron chi connectivity index (χ3n) is 0.967. The van der Waals surface area contributed by atoms with Crippen LogP contribution in [0.25, 0.3) is 0 Å². The molecule has 0 aliphatic heterocycles. The first-order chi connectivity index (χ1) is 3.81. The number of rotatable bonds is 4. The molecule has 47 valence electrons. The van der Waals surface area contributed by atoms with E-state index in [0.29, 0.717) is 0 Å². The standard InChI is InChI=1S/C6H11OS/c1-2-3-4-6(8)5-7/h6,8H,2-4H2,1H3. The first-order valence-electron chi connectivity index (χ1n) is 2.87. The number of unbranched alkanes of at least 4 members (excludes halogenated alkanes) is 1. The fourth-order valence-electron chi connectivity index (χ4n) is 0.456. The molecule has 0 N–H and O–H groups in total. The molecular formula is C6H11OS. The highest BCUT2D eigenvalue weighted by Gasteiger charge is 1.97. The molecule has 0 spiro atoms. The summed E-state index contributed by atoms with van der Waals surface area (Å²) in [5, 5.41) is -0.157. The van der Waals surface area contributed by atoms with E-state index in [2.05, 4.69) is 19.6 Å². The lowest BCUT2D eigenvalue weighted by Crippen LogP contribution is -1.97. The molecule has 0 saturated heterocycles. The van der Waals surface area contributed by atoms with Gasteiger partial charge in [-0.1, -0.05) is 19.8 Å². The van der Waals surface area contributed by atoms with E-state index < -0.39 is 0 Å². The van der Waals surface area contributed by atoms with Gasteiger partial charge in [-0.05, 0) is 6.42 Å². The van der Waals surface area contributed by atoms with Crippen LogP contribution in [-0.4, -0.2) is 11.5 Å². The van der Waals surface area contributed by atoms with Crippen LogP contribution in [0.5, 0.6) is 0 Å². The van der Waals surface area contributed by atoms with Crippen molar-refractivity contribution in [2.24, 2.45) is 0 Å². The second kappa shape index (κ2) is 5.16. The molecule has 0 aliphatic rings. The highest BCUT2D eigenvalue weighted by molar-refractivity contribution is 7.81. The number of hydrogen-bond acceptors (Lipinski definition) is 2. The largest absolute Gasteiger partial charge is 0.290 e. The minimum atomic E-state index is -0.157. The van der Waals surface area contributed by atoms with E-state index in [1.807, 2.05) is 6.29 Å². The minimum absolute atomic E-state index is 0.157. The van der Waals surface area contributed by atoms with Gasteiger partial charge in [-0.15, -0.1) is 0 Å². The molecule has 0 fully saturated rings. The zero-order valence-corrected chi connectivity index (χ0v) is 5.95. The SMILES string of the molecule is CCCCC(S)[C]=O. The van der Waals surface area contributed by atoms with Gasteiger partial charge in [0, 0.05) is 0 Å². The maximum atomic E-state index is 9.81. The third-order valence-corrected chi connectivity index (χ3v) is 1.33. The van der Waals surface area contributed by atoms with Crippen molar-refractivity contribution in [2.45, 2.75) is 31.4 Å². The van der Waals surface area contributed by atoms with Crippen LogP contribution >= 0.6 is 12.6 Å². The Labute approximate surface area is 55.9 Å². The Hall–Kier alpha value is 0.0200. The van der Waals surface area contributed by atoms with Crippen molar-refractivity contribution in [2.75, 3.05) is 0 Å². The van der Waals surface area contributed by atoms with Gasteiger partial charge in [-0.3, -0.25) is 4.79 Å². The van der Waals surface area contributed by atoms with Gasteiger partial charge in [0.2, 0.25) is 6.29 Å². The third kappa shape index (κ3) is 4.19. The van der Waals surface area contributed by atoms with E-state index in [1.54, 1.807) is 0 Å². The molecule has 1 nitrogen and oxygen atoms in total. The van der Waals surface area contributed by atoms with E-state index in [9.17, 15) is 4.79 Å². The molecule has 0 aliphatic carbocycles. The maximum absolute atomic E-state index is 9.81. The first-order valence-corrected chi connectivity index (χ1v) is 3.38. The number of thiol groups is 1. The summed E-state index contributed by atoms with van der Waals surface area (Å²) >= 11 is 3.94. The molecule has 0 bridgehead atoms. The average Bonchev–Trinajstić information content (AvgIpc) is 1.83. The first kappa shape index (κ1) is 8.02. The highest BCUT2D eigenvalue weighted by atomic mass is 32.1. The molecule has 8 heavy (non-hydrogen) atoms. The zero-order valence-electron chi connectivity index (χ0n) is 5.05. The van der Waals surface area contributed by atoms with Gasteiger partial charge >= 0.3 is 0 Å². The van der Waals surface area contributed by atoms with Crippen molar-refractivity contribution < 1.29 is 4.79 Å². The maximum Gasteiger partial charge on any atom is 0.212 e. The molecule has 0 aromatic heterocycles. The molecule has 1 atom stereocenters. The summed E-state index contributed by atoms with van der Waals surface area (Å²) in [7, 11) is 0. The van der Waals surface area contributed by atoms with Gasteiger partial charge in [0.05, 0.1) is 5.25 Å². The quantitative estimate of drug-likeness (QED) is 0.573. The number of hydrogen-bond donors (Lipinski definition) is 1. The van der Waals surface area contributed by atoms with Crippen LogP contribution in [-0.2, 0) is 4.79 Å². The molecular weight excluding hydrogens is 120 g/mol. The van der Waals surface area contributed by atoms with Crippen LogP contribution < -0.4 is 0 Å². The molecule has 0 rings (SSSR count). The molecule has 0 amide bonds. The Morgan fingerprint density at radius 3 is 2.75 bits per heavy atom. The second-order valence-corrected chi connectivity index (χ2v) is 2.40. The Kier molecular flexibility index (Phi) is 5.18. The molecule has 0 aromatic rings. The van der Waals surface area contributed by atoms with Crippen molar-refractivity contribution in [1.29, 1.82) is 0 Å². The summed E-state index contributed by atoms with van der Waals surface area (Å²) in [4.78, 5) is 9.81. The summed E-state index contributed by atoms with van der Waals surface area (Å²) < 4.78 is 0. The van der Waals surface area contributed by atoms with Crippen molar-refractivity contribution in [3.05, 3.63) is 0 Å². The van der Waals surface area contributed by atoms with Crippen LogP contribution in [0.4, 0.5) is 0 Å². The topological polar surface area (TPSA) is 17.1 Å². The molecule has 1 unspecified atom stereocenters. The Morgan fingerprint density at radius 2 is 2.38 bits per heavy atom. The summed E-state index contributed by atoms with van der Waals surface area (Å²) in [6, 6.07) is 0. The summed E-state index contributed by atoms with van der Waals surface area (Å²) in [6.45, 7) is 2.09. The number of carbonyl (C=O) groups excluding carboxylic acids is 1. The fraction of sp³-hybridized carbons (Fsp3) is 0.833. The lowest BCUT2D eigenvalue weighted by Gasteiger charge is -1.96. The van der Waals surface area contributed by atoms with Gasteiger partial charge in [0.1, 0.15) is 0 Å². The monoisotopic (exact) mass is 131 g/mol. The van der Waals surface area contributed by atoms with Crippen molar-refractivity contribution >= 4 is 18.9 Å². The van der Waals surface area contributed by atoms with E-state index in [1.165, 1.54) is 0 Å². The summed E-state index contributed by atoms with van der Waals surface area (Å²) in [5.41, 5.74) is 0. The lowest BCUT2D eigenvalue weighted by molar-refractivity contribution is 0.548. The normalized spacial score (nSPS) is 13.2. The fourth-order valence-corrected chi connectivity index (χ4v) is 0.639. The van der Waals surface area contributed by atoms with Gasteiger partial charge in [0.15, 0.2) is 0 Å². The van der Waals surface area contributed by atoms with E-state index >= 15 is 0 Å². The molecule has 0 saturated carbocycles. The van der Waals surface area contributed by atoms with Crippen LogP contribution in [0, 0.1) is 0 Å². The average molecular weight is 131 g/mol. The van der Waals surface area contributed by atoms with Gasteiger partial charge < -0.3 is 0 Å².